The Morgan fingerprint density at radius 3 is 2.67 bits per heavy atom. The lowest BCUT2D eigenvalue weighted by Crippen LogP contribution is -2.22. The predicted octanol–water partition coefficient (Wildman–Crippen LogP) is 3.55. The molecule has 0 amide bonds. The number of hydrogen-bond acceptors (Lipinski definition) is 1. The van der Waals surface area contributed by atoms with Crippen LogP contribution >= 0.6 is 22.6 Å². The van der Waals surface area contributed by atoms with E-state index in [0.717, 1.165) is 0 Å². The van der Waals surface area contributed by atoms with Crippen molar-refractivity contribution >= 4 is 22.6 Å². The van der Waals surface area contributed by atoms with Crippen LogP contribution in [0.3, 0.4) is 0 Å². The van der Waals surface area contributed by atoms with Crippen LogP contribution in [-0.2, 0) is 0 Å². The van der Waals surface area contributed by atoms with Crippen LogP contribution in [0.5, 0.6) is 0 Å². The van der Waals surface area contributed by atoms with Gasteiger partial charge in [0.05, 0.1) is 0 Å². The Morgan fingerprint density at radius 2 is 2.20 bits per heavy atom. The van der Waals surface area contributed by atoms with Crippen molar-refractivity contribution in [2.75, 3.05) is 14.1 Å². The maximum atomic E-state index is 3.79. The highest BCUT2D eigenvalue weighted by atomic mass is 127. The third-order valence-corrected chi connectivity index (χ3v) is 3.28. The third kappa shape index (κ3) is 2.97. The van der Waals surface area contributed by atoms with Crippen LogP contribution < -0.4 is 0 Å². The van der Waals surface area contributed by atoms with Crippen LogP contribution in [0.1, 0.15) is 6.92 Å². The molecule has 0 N–H and O–H groups in total. The van der Waals surface area contributed by atoms with Gasteiger partial charge in [-0.1, -0.05) is 60.4 Å². The molecule has 0 radical (unpaired) electrons. The van der Waals surface area contributed by atoms with E-state index in [1.807, 2.05) is 6.08 Å². The second kappa shape index (κ2) is 5.54. The average molecular weight is 315 g/mol. The van der Waals surface area contributed by atoms with E-state index in [1.165, 1.54) is 11.3 Å². The van der Waals surface area contributed by atoms with Crippen LogP contribution in [0.15, 0.2) is 48.2 Å². The number of alkyl halides is 1. The van der Waals surface area contributed by atoms with Crippen LogP contribution in [-0.4, -0.2) is 22.9 Å². The molecular weight excluding hydrogens is 297 g/mol. The summed E-state index contributed by atoms with van der Waals surface area (Å²) in [6.07, 6.45) is 10.6. The van der Waals surface area contributed by atoms with Gasteiger partial charge < -0.3 is 4.90 Å². The van der Waals surface area contributed by atoms with Crippen molar-refractivity contribution in [2.45, 2.75) is 10.8 Å². The monoisotopic (exact) mass is 315 g/mol. The molecule has 1 aliphatic rings. The molecule has 2 heteroatoms. The summed E-state index contributed by atoms with van der Waals surface area (Å²) >= 11 is 2.48. The van der Waals surface area contributed by atoms with Gasteiger partial charge in [-0.2, -0.15) is 0 Å². The number of allylic oxidation sites excluding steroid dienone is 6. The van der Waals surface area contributed by atoms with Gasteiger partial charge in [-0.15, -0.1) is 0 Å². The van der Waals surface area contributed by atoms with Gasteiger partial charge in [0.2, 0.25) is 0 Å². The Labute approximate surface area is 106 Å². The van der Waals surface area contributed by atoms with E-state index >= 15 is 0 Å². The van der Waals surface area contributed by atoms with E-state index < -0.39 is 0 Å². The van der Waals surface area contributed by atoms with Crippen LogP contribution in [0.4, 0.5) is 0 Å². The molecule has 1 nitrogen and oxygen atoms in total. The van der Waals surface area contributed by atoms with E-state index in [4.69, 9.17) is 0 Å². The largest absolute Gasteiger partial charge is 0.377 e. The minimum atomic E-state index is 0.492. The summed E-state index contributed by atoms with van der Waals surface area (Å²) in [4.78, 5) is 2.16. The first kappa shape index (κ1) is 12.6. The number of likely N-dealkylation sites (N-methyl/N-ethyl adjacent to an activating group) is 1. The molecule has 15 heavy (non-hydrogen) atoms. The lowest BCUT2D eigenvalue weighted by molar-refractivity contribution is 0.504. The molecule has 1 rings (SSSR count). The zero-order valence-corrected chi connectivity index (χ0v) is 11.7. The summed E-state index contributed by atoms with van der Waals surface area (Å²) in [6.45, 7) is 6.03. The Hall–Kier alpha value is -0.510. The first-order valence-corrected chi connectivity index (χ1v) is 6.35. The summed E-state index contributed by atoms with van der Waals surface area (Å²) in [5.41, 5.74) is 2.64. The molecule has 0 aliphatic heterocycles. The molecule has 2 unspecified atom stereocenters. The first-order valence-electron chi connectivity index (χ1n) is 5.10. The summed E-state index contributed by atoms with van der Waals surface area (Å²) in [5, 5.41) is 0. The highest BCUT2D eigenvalue weighted by Gasteiger charge is 2.22. The van der Waals surface area contributed by atoms with Gasteiger partial charge in [-0.05, 0) is 11.6 Å². The second-order valence-corrected chi connectivity index (χ2v) is 5.86. The van der Waals surface area contributed by atoms with Crippen molar-refractivity contribution in [3.8, 4) is 0 Å². The van der Waals surface area contributed by atoms with Gasteiger partial charge in [0.15, 0.2) is 0 Å². The minimum Gasteiger partial charge on any atom is -0.377 e. The van der Waals surface area contributed by atoms with Crippen LogP contribution in [0.2, 0.25) is 0 Å². The SMILES string of the molecule is C=C/C=C1/C(N(C)C)=CC=CC1C(C)I. The minimum absolute atomic E-state index is 0.492. The lowest BCUT2D eigenvalue weighted by Gasteiger charge is -2.29. The molecule has 0 spiro atoms. The average Bonchev–Trinajstić information content (AvgIpc) is 2.17. The van der Waals surface area contributed by atoms with Gasteiger partial charge in [0.25, 0.3) is 0 Å². The third-order valence-electron chi connectivity index (χ3n) is 2.50. The van der Waals surface area contributed by atoms with Crippen molar-refractivity contribution in [1.82, 2.24) is 4.90 Å². The van der Waals surface area contributed by atoms with E-state index in [2.05, 4.69) is 79.4 Å². The van der Waals surface area contributed by atoms with Crippen LogP contribution in [0.25, 0.3) is 0 Å². The lowest BCUT2D eigenvalue weighted by atomic mass is 9.89. The molecule has 0 aromatic heterocycles. The second-order valence-electron chi connectivity index (χ2n) is 3.89. The Morgan fingerprint density at radius 1 is 1.53 bits per heavy atom. The topological polar surface area (TPSA) is 3.24 Å². The van der Waals surface area contributed by atoms with E-state index in [-0.39, 0.29) is 0 Å². The molecule has 0 saturated carbocycles. The summed E-state index contributed by atoms with van der Waals surface area (Å²) in [6, 6.07) is 0. The fraction of sp³-hybridized carbons (Fsp3) is 0.385. The number of halogens is 1. The Balaban J connectivity index is 3.08. The number of nitrogens with zero attached hydrogens (tertiary/aromatic N) is 1. The van der Waals surface area contributed by atoms with Gasteiger partial charge in [0, 0.05) is 29.6 Å². The zero-order chi connectivity index (χ0) is 11.4. The van der Waals surface area contributed by atoms with Crippen molar-refractivity contribution in [1.29, 1.82) is 0 Å². The fourth-order valence-corrected chi connectivity index (χ4v) is 2.40. The van der Waals surface area contributed by atoms with Gasteiger partial charge in [0.1, 0.15) is 0 Å². The zero-order valence-electron chi connectivity index (χ0n) is 9.57. The van der Waals surface area contributed by atoms with Crippen molar-refractivity contribution in [2.24, 2.45) is 5.92 Å². The smallest absolute Gasteiger partial charge is 0.0399 e. The molecule has 0 aromatic carbocycles. The van der Waals surface area contributed by atoms with E-state index in [0.29, 0.717) is 9.84 Å². The maximum absolute atomic E-state index is 3.79. The van der Waals surface area contributed by atoms with E-state index in [1.54, 1.807) is 0 Å². The summed E-state index contributed by atoms with van der Waals surface area (Å²) in [7, 11) is 4.16. The van der Waals surface area contributed by atoms with Crippen LogP contribution in [0, 0.1) is 5.92 Å². The molecular formula is C13H18IN. The van der Waals surface area contributed by atoms with Gasteiger partial charge >= 0.3 is 0 Å². The summed E-state index contributed by atoms with van der Waals surface area (Å²) < 4.78 is 0.591. The molecule has 0 fully saturated rings. The molecule has 2 atom stereocenters. The normalized spacial score (nSPS) is 24.9. The quantitative estimate of drug-likeness (QED) is 0.569. The van der Waals surface area contributed by atoms with Crippen molar-refractivity contribution in [3.05, 3.63) is 48.2 Å². The molecule has 0 bridgehead atoms. The standard InChI is InChI=1S/C13H18IN/c1-5-7-12-11(10(2)14)8-6-9-13(12)15(3)4/h5-11H,1H2,2-4H3/b12-7+. The van der Waals surface area contributed by atoms with Crippen molar-refractivity contribution in [3.63, 3.8) is 0 Å². The highest BCUT2D eigenvalue weighted by molar-refractivity contribution is 14.1. The fourth-order valence-electron chi connectivity index (χ4n) is 1.77. The van der Waals surface area contributed by atoms with Gasteiger partial charge in [-0.25, -0.2) is 0 Å². The number of hydrogen-bond donors (Lipinski definition) is 0. The Kier molecular flexibility index (Phi) is 4.64. The highest BCUT2D eigenvalue weighted by Crippen LogP contribution is 2.32. The van der Waals surface area contributed by atoms with Crippen molar-refractivity contribution < 1.29 is 0 Å². The summed E-state index contributed by atoms with van der Waals surface area (Å²) in [5.74, 6) is 0.492. The maximum Gasteiger partial charge on any atom is 0.0399 e. The Bertz CT molecular complexity index is 321. The first-order chi connectivity index (χ1) is 7.07. The molecule has 0 heterocycles. The molecule has 82 valence electrons. The van der Waals surface area contributed by atoms with Gasteiger partial charge in [-0.3, -0.25) is 0 Å². The molecule has 0 saturated heterocycles. The van der Waals surface area contributed by atoms with E-state index in [9.17, 15) is 0 Å². The molecule has 0 aromatic rings. The molecule has 1 aliphatic carbocycles. The predicted molar refractivity (Wildman–Crippen MR) is 76.2 cm³/mol. The number of rotatable bonds is 3.